The third-order valence-corrected chi connectivity index (χ3v) is 9.45. The molecule has 0 saturated heterocycles. The summed E-state index contributed by atoms with van der Waals surface area (Å²) in [5.74, 6) is 0.901. The quantitative estimate of drug-likeness (QED) is 0.343. The van der Waals surface area contributed by atoms with E-state index >= 15 is 0 Å². The first-order valence-electron chi connectivity index (χ1n) is 12.9. The van der Waals surface area contributed by atoms with E-state index in [1.54, 1.807) is 6.07 Å². The van der Waals surface area contributed by atoms with E-state index in [2.05, 4.69) is 22.2 Å². The molecule has 1 aliphatic carbocycles. The number of hydrogen-bond acceptors (Lipinski definition) is 4. The Kier molecular flexibility index (Phi) is 6.60. The largest absolute Gasteiger partial charge is 0.388 e. The fraction of sp³-hybridized carbons (Fsp3) is 0.400. The highest BCUT2D eigenvalue weighted by Gasteiger charge is 2.40. The molecule has 0 radical (unpaired) electrons. The second-order valence-corrected chi connectivity index (χ2v) is 12.5. The van der Waals surface area contributed by atoms with Gasteiger partial charge in [0.1, 0.15) is 0 Å². The second-order valence-electron chi connectivity index (χ2n) is 10.8. The Morgan fingerprint density at radius 2 is 1.69 bits per heavy atom. The van der Waals surface area contributed by atoms with Crippen molar-refractivity contribution in [2.24, 2.45) is 11.8 Å². The smallest absolute Gasteiger partial charge is 0.261 e. The van der Waals surface area contributed by atoms with Crippen molar-refractivity contribution >= 4 is 21.4 Å². The molecule has 2 aliphatic rings. The molecule has 1 fully saturated rings. The lowest BCUT2D eigenvalue weighted by molar-refractivity contribution is 0.127. The van der Waals surface area contributed by atoms with Gasteiger partial charge in [-0.25, -0.2) is 8.42 Å². The maximum absolute atomic E-state index is 13.2. The van der Waals surface area contributed by atoms with Crippen LogP contribution < -0.4 is 10.0 Å². The molecule has 1 saturated carbocycles. The van der Waals surface area contributed by atoms with E-state index in [1.165, 1.54) is 5.56 Å². The number of aryl methyl sites for hydroxylation is 2. The summed E-state index contributed by atoms with van der Waals surface area (Å²) in [6, 6.07) is 19.6. The zero-order chi connectivity index (χ0) is 25.6. The Bertz CT molecular complexity index is 1370. The maximum atomic E-state index is 13.2. The van der Waals surface area contributed by atoms with E-state index < -0.39 is 16.1 Å². The maximum Gasteiger partial charge on any atom is 0.261 e. The third-order valence-electron chi connectivity index (χ3n) is 8.07. The molecule has 36 heavy (non-hydrogen) atoms. The number of nitrogens with one attached hydrogen (secondary N) is 2. The van der Waals surface area contributed by atoms with Gasteiger partial charge in [0.25, 0.3) is 10.0 Å². The Morgan fingerprint density at radius 3 is 2.39 bits per heavy atom. The van der Waals surface area contributed by atoms with Crippen molar-refractivity contribution in [2.45, 2.75) is 69.9 Å². The number of rotatable bonds is 6. The summed E-state index contributed by atoms with van der Waals surface area (Å²) in [6.45, 7) is 8.04. The standard InChI is InChI=1S/C30H36N2O3S/c1-18(2)30(33)22-11-9-21(10-12-22)29-26-7-5-6-25(26)27-17-24(14-15-28(27)31-29)36(34,35)32-23-13-8-19(3)20(4)16-23/h8-18,25-26,29-33H,5-7H2,1-4H3. The van der Waals surface area contributed by atoms with E-state index in [9.17, 15) is 13.5 Å². The van der Waals surface area contributed by atoms with Gasteiger partial charge in [0.2, 0.25) is 0 Å². The first kappa shape index (κ1) is 24.8. The van der Waals surface area contributed by atoms with Gasteiger partial charge in [-0.3, -0.25) is 4.72 Å². The summed E-state index contributed by atoms with van der Waals surface area (Å²) < 4.78 is 29.2. The van der Waals surface area contributed by atoms with Gasteiger partial charge in [-0.2, -0.15) is 0 Å². The summed E-state index contributed by atoms with van der Waals surface area (Å²) in [6.07, 6.45) is 2.84. The van der Waals surface area contributed by atoms with Crippen LogP contribution in [0.5, 0.6) is 0 Å². The highest BCUT2D eigenvalue weighted by atomic mass is 32.2. The fourth-order valence-corrected chi connectivity index (χ4v) is 6.91. The van der Waals surface area contributed by atoms with Gasteiger partial charge >= 0.3 is 0 Å². The van der Waals surface area contributed by atoms with Crippen LogP contribution in [0.2, 0.25) is 0 Å². The number of benzene rings is 3. The average molecular weight is 505 g/mol. The summed E-state index contributed by atoms with van der Waals surface area (Å²) >= 11 is 0. The zero-order valence-electron chi connectivity index (χ0n) is 21.5. The normalized spacial score (nSPS) is 22.0. The van der Waals surface area contributed by atoms with Crippen molar-refractivity contribution in [2.75, 3.05) is 10.0 Å². The predicted octanol–water partition coefficient (Wildman–Crippen LogP) is 6.84. The molecule has 1 heterocycles. The van der Waals surface area contributed by atoms with Crippen LogP contribution >= 0.6 is 0 Å². The minimum Gasteiger partial charge on any atom is -0.388 e. The Morgan fingerprint density at radius 1 is 0.944 bits per heavy atom. The van der Waals surface area contributed by atoms with Crippen LogP contribution in [0, 0.1) is 25.7 Å². The molecule has 0 aromatic heterocycles. The number of anilines is 2. The fourth-order valence-electron chi connectivity index (χ4n) is 5.83. The Balaban J connectivity index is 1.42. The third kappa shape index (κ3) is 4.64. The first-order valence-corrected chi connectivity index (χ1v) is 14.4. The number of aliphatic hydroxyl groups is 1. The van der Waals surface area contributed by atoms with Crippen LogP contribution in [0.25, 0.3) is 0 Å². The van der Waals surface area contributed by atoms with Crippen molar-refractivity contribution in [3.05, 3.63) is 88.5 Å². The van der Waals surface area contributed by atoms with Crippen molar-refractivity contribution in [3.8, 4) is 0 Å². The Labute approximate surface area is 215 Å². The molecule has 190 valence electrons. The van der Waals surface area contributed by atoms with Crippen molar-refractivity contribution in [3.63, 3.8) is 0 Å². The molecule has 6 heteroatoms. The van der Waals surface area contributed by atoms with E-state index in [1.807, 2.05) is 70.2 Å². The summed E-state index contributed by atoms with van der Waals surface area (Å²) in [4.78, 5) is 0.303. The summed E-state index contributed by atoms with van der Waals surface area (Å²) in [7, 11) is -3.69. The van der Waals surface area contributed by atoms with E-state index in [4.69, 9.17) is 0 Å². The first-order chi connectivity index (χ1) is 17.1. The van der Waals surface area contributed by atoms with E-state index in [0.29, 0.717) is 22.4 Å². The Hall–Kier alpha value is -2.83. The molecule has 4 atom stereocenters. The van der Waals surface area contributed by atoms with Crippen LogP contribution in [-0.2, 0) is 10.0 Å². The molecule has 5 nitrogen and oxygen atoms in total. The zero-order valence-corrected chi connectivity index (χ0v) is 22.3. The number of hydrogen-bond donors (Lipinski definition) is 3. The van der Waals surface area contributed by atoms with Gasteiger partial charge in [-0.15, -0.1) is 0 Å². The SMILES string of the molecule is Cc1ccc(NS(=O)(=O)c2ccc3c(c2)C2CCCC2C(c2ccc(C(O)C(C)C)cc2)N3)cc1C. The number of aliphatic hydroxyl groups excluding tert-OH is 1. The molecule has 0 bridgehead atoms. The lowest BCUT2D eigenvalue weighted by Crippen LogP contribution is -2.29. The van der Waals surface area contributed by atoms with Gasteiger partial charge in [-0.05, 0) is 103 Å². The van der Waals surface area contributed by atoms with Crippen molar-refractivity contribution in [1.82, 2.24) is 0 Å². The van der Waals surface area contributed by atoms with Gasteiger partial charge < -0.3 is 10.4 Å². The molecular weight excluding hydrogens is 468 g/mol. The predicted molar refractivity (Wildman–Crippen MR) is 146 cm³/mol. The van der Waals surface area contributed by atoms with Gasteiger partial charge in [0.05, 0.1) is 17.0 Å². The van der Waals surface area contributed by atoms with Gasteiger partial charge in [-0.1, -0.05) is 50.6 Å². The molecule has 3 aromatic carbocycles. The number of sulfonamides is 1. The highest BCUT2D eigenvalue weighted by molar-refractivity contribution is 7.92. The van der Waals surface area contributed by atoms with E-state index in [0.717, 1.165) is 47.2 Å². The van der Waals surface area contributed by atoms with Gasteiger partial charge in [0.15, 0.2) is 0 Å². The summed E-state index contributed by atoms with van der Waals surface area (Å²) in [5, 5.41) is 14.1. The molecule has 1 aliphatic heterocycles. The monoisotopic (exact) mass is 504 g/mol. The van der Waals surface area contributed by atoms with Crippen molar-refractivity contribution < 1.29 is 13.5 Å². The number of fused-ring (bicyclic) bond motifs is 3. The van der Waals surface area contributed by atoms with Crippen LogP contribution in [0.4, 0.5) is 11.4 Å². The lowest BCUT2D eigenvalue weighted by Gasteiger charge is -2.38. The minimum atomic E-state index is -3.69. The second kappa shape index (κ2) is 9.56. The highest BCUT2D eigenvalue weighted by Crippen LogP contribution is 2.53. The van der Waals surface area contributed by atoms with Crippen molar-refractivity contribution in [1.29, 1.82) is 0 Å². The lowest BCUT2D eigenvalue weighted by atomic mass is 9.77. The topological polar surface area (TPSA) is 78.4 Å². The van der Waals surface area contributed by atoms with Crippen LogP contribution in [0.3, 0.4) is 0 Å². The molecule has 4 unspecified atom stereocenters. The van der Waals surface area contributed by atoms with Gasteiger partial charge in [0, 0.05) is 11.4 Å². The van der Waals surface area contributed by atoms with Crippen LogP contribution in [-0.4, -0.2) is 13.5 Å². The van der Waals surface area contributed by atoms with Crippen LogP contribution in [0.1, 0.15) is 79.0 Å². The molecule has 3 N–H and O–H groups in total. The minimum absolute atomic E-state index is 0.171. The molecule has 3 aromatic rings. The average Bonchev–Trinajstić information content (AvgIpc) is 3.35. The molecule has 0 spiro atoms. The summed E-state index contributed by atoms with van der Waals surface area (Å²) in [5.41, 5.74) is 7.04. The molecule has 5 rings (SSSR count). The van der Waals surface area contributed by atoms with E-state index in [-0.39, 0.29) is 12.0 Å². The molecular formula is C30H36N2O3S. The molecule has 0 amide bonds. The van der Waals surface area contributed by atoms with Crippen LogP contribution in [0.15, 0.2) is 65.6 Å².